The number of oxazole rings is 1. The molecular formula is C19H27N3O4. The summed E-state index contributed by atoms with van der Waals surface area (Å²) in [6, 6.07) is 0. The monoisotopic (exact) mass is 361 g/mol. The van der Waals surface area contributed by atoms with Gasteiger partial charge in [0.15, 0.2) is 11.6 Å². The Hall–Kier alpha value is -1.89. The fourth-order valence-electron chi connectivity index (χ4n) is 3.97. The third-order valence-corrected chi connectivity index (χ3v) is 5.92. The number of rotatable bonds is 3. The Morgan fingerprint density at radius 3 is 2.31 bits per heavy atom. The Bertz CT molecular complexity index is 668. The van der Waals surface area contributed by atoms with Crippen molar-refractivity contribution in [3.8, 4) is 0 Å². The number of morpholine rings is 1. The molecule has 142 valence electrons. The van der Waals surface area contributed by atoms with Crippen LogP contribution >= 0.6 is 0 Å². The van der Waals surface area contributed by atoms with Crippen LogP contribution in [0.25, 0.3) is 0 Å². The van der Waals surface area contributed by atoms with Crippen LogP contribution in [0.15, 0.2) is 4.42 Å². The Morgan fingerprint density at radius 2 is 1.69 bits per heavy atom. The van der Waals surface area contributed by atoms with E-state index in [1.807, 2.05) is 4.90 Å². The first kappa shape index (κ1) is 17.5. The Morgan fingerprint density at radius 1 is 1.00 bits per heavy atom. The van der Waals surface area contributed by atoms with Gasteiger partial charge in [0.2, 0.25) is 5.91 Å². The number of likely N-dealkylation sites (tertiary alicyclic amines) is 1. The molecule has 3 fully saturated rings. The summed E-state index contributed by atoms with van der Waals surface area (Å²) >= 11 is 0. The van der Waals surface area contributed by atoms with Gasteiger partial charge < -0.3 is 19.0 Å². The van der Waals surface area contributed by atoms with Crippen LogP contribution in [0.4, 0.5) is 0 Å². The molecule has 7 heteroatoms. The fourth-order valence-corrected chi connectivity index (χ4v) is 3.97. The van der Waals surface area contributed by atoms with E-state index < -0.39 is 0 Å². The van der Waals surface area contributed by atoms with Gasteiger partial charge in [-0.05, 0) is 32.6 Å². The number of piperidine rings is 1. The third-order valence-electron chi connectivity index (χ3n) is 5.92. The van der Waals surface area contributed by atoms with Crippen LogP contribution in [0.3, 0.4) is 0 Å². The zero-order valence-corrected chi connectivity index (χ0v) is 15.4. The van der Waals surface area contributed by atoms with Crippen molar-refractivity contribution >= 4 is 11.8 Å². The Kier molecular flexibility index (Phi) is 4.98. The smallest absolute Gasteiger partial charge is 0.276 e. The van der Waals surface area contributed by atoms with E-state index in [4.69, 9.17) is 9.15 Å². The molecule has 0 aromatic carbocycles. The molecule has 0 atom stereocenters. The molecule has 1 aromatic heterocycles. The van der Waals surface area contributed by atoms with Crippen LogP contribution in [-0.4, -0.2) is 66.0 Å². The standard InChI is InChI=1S/C19H27N3O4/c1-13-16(19(24)22-9-11-25-12-10-22)20-17(26-13)14-5-7-21(8-6-14)18(23)15-3-2-4-15/h14-15H,2-12H2,1H3. The van der Waals surface area contributed by atoms with Gasteiger partial charge in [-0.2, -0.15) is 0 Å². The minimum Gasteiger partial charge on any atom is -0.445 e. The minimum absolute atomic E-state index is 0.0709. The minimum atomic E-state index is -0.0709. The fraction of sp³-hybridized carbons (Fsp3) is 0.737. The summed E-state index contributed by atoms with van der Waals surface area (Å²) in [6.07, 6.45) is 4.98. The number of carbonyl (C=O) groups excluding carboxylic acids is 2. The molecule has 1 aromatic rings. The number of aryl methyl sites for hydroxylation is 1. The van der Waals surface area contributed by atoms with Gasteiger partial charge in [-0.25, -0.2) is 4.98 Å². The van der Waals surface area contributed by atoms with Crippen molar-refractivity contribution in [2.45, 2.75) is 44.9 Å². The lowest BCUT2D eigenvalue weighted by atomic mass is 9.83. The van der Waals surface area contributed by atoms with Gasteiger partial charge in [0.25, 0.3) is 5.91 Å². The quantitative estimate of drug-likeness (QED) is 0.823. The van der Waals surface area contributed by atoms with E-state index in [-0.39, 0.29) is 17.7 Å². The van der Waals surface area contributed by atoms with Crippen molar-refractivity contribution in [1.82, 2.24) is 14.8 Å². The summed E-state index contributed by atoms with van der Waals surface area (Å²) in [6.45, 7) is 5.66. The van der Waals surface area contributed by atoms with Crippen LogP contribution in [0.2, 0.25) is 0 Å². The number of carbonyl (C=O) groups is 2. The molecule has 3 aliphatic rings. The van der Waals surface area contributed by atoms with Crippen molar-refractivity contribution in [1.29, 1.82) is 0 Å². The molecule has 1 saturated carbocycles. The summed E-state index contributed by atoms with van der Waals surface area (Å²) in [7, 11) is 0. The average Bonchev–Trinajstić information content (AvgIpc) is 3.02. The van der Waals surface area contributed by atoms with Crippen molar-refractivity contribution < 1.29 is 18.7 Å². The van der Waals surface area contributed by atoms with Crippen LogP contribution in [0, 0.1) is 12.8 Å². The van der Waals surface area contributed by atoms with E-state index in [0.29, 0.717) is 49.6 Å². The maximum atomic E-state index is 12.7. The summed E-state index contributed by atoms with van der Waals surface area (Å²) < 4.78 is 11.2. The Balaban J connectivity index is 1.38. The normalized spacial score (nSPS) is 22.3. The maximum Gasteiger partial charge on any atom is 0.276 e. The van der Waals surface area contributed by atoms with Gasteiger partial charge in [0, 0.05) is 38.0 Å². The highest BCUT2D eigenvalue weighted by molar-refractivity contribution is 5.93. The molecule has 1 aliphatic carbocycles. The first-order chi connectivity index (χ1) is 12.6. The van der Waals surface area contributed by atoms with E-state index in [1.165, 1.54) is 6.42 Å². The number of hydrogen-bond donors (Lipinski definition) is 0. The molecule has 0 bridgehead atoms. The molecule has 7 nitrogen and oxygen atoms in total. The lowest BCUT2D eigenvalue weighted by molar-refractivity contribution is -0.139. The molecule has 0 unspecified atom stereocenters. The molecule has 3 heterocycles. The lowest BCUT2D eigenvalue weighted by Crippen LogP contribution is -2.43. The van der Waals surface area contributed by atoms with Crippen LogP contribution in [0.5, 0.6) is 0 Å². The number of nitrogens with zero attached hydrogens (tertiary/aromatic N) is 3. The molecule has 0 spiro atoms. The van der Waals surface area contributed by atoms with Crippen LogP contribution < -0.4 is 0 Å². The summed E-state index contributed by atoms with van der Waals surface area (Å²) in [5.74, 6) is 1.93. The molecule has 2 saturated heterocycles. The molecule has 2 amide bonds. The van der Waals surface area contributed by atoms with Crippen molar-refractivity contribution in [2.24, 2.45) is 5.92 Å². The van der Waals surface area contributed by atoms with E-state index in [2.05, 4.69) is 4.98 Å². The topological polar surface area (TPSA) is 75.9 Å². The zero-order valence-electron chi connectivity index (χ0n) is 15.4. The molecule has 0 N–H and O–H groups in total. The molecular weight excluding hydrogens is 334 g/mol. The maximum absolute atomic E-state index is 12.7. The number of ether oxygens (including phenoxy) is 1. The molecule has 0 radical (unpaired) electrons. The molecule has 4 rings (SSSR count). The van der Waals surface area contributed by atoms with Crippen molar-refractivity contribution in [3.63, 3.8) is 0 Å². The van der Waals surface area contributed by atoms with E-state index in [9.17, 15) is 9.59 Å². The number of hydrogen-bond acceptors (Lipinski definition) is 5. The van der Waals surface area contributed by atoms with Gasteiger partial charge in [-0.1, -0.05) is 6.42 Å². The number of aromatic nitrogens is 1. The van der Waals surface area contributed by atoms with Gasteiger partial charge in [0.1, 0.15) is 5.76 Å². The van der Waals surface area contributed by atoms with Crippen LogP contribution in [-0.2, 0) is 9.53 Å². The van der Waals surface area contributed by atoms with E-state index in [1.54, 1.807) is 11.8 Å². The van der Waals surface area contributed by atoms with Crippen LogP contribution in [0.1, 0.15) is 60.2 Å². The largest absolute Gasteiger partial charge is 0.445 e. The van der Waals surface area contributed by atoms with Gasteiger partial charge in [-0.3, -0.25) is 9.59 Å². The first-order valence-electron chi connectivity index (χ1n) is 9.76. The zero-order chi connectivity index (χ0) is 18.1. The predicted octanol–water partition coefficient (Wildman–Crippen LogP) is 1.96. The van der Waals surface area contributed by atoms with Crippen molar-refractivity contribution in [3.05, 3.63) is 17.3 Å². The highest BCUT2D eigenvalue weighted by atomic mass is 16.5. The Labute approximate surface area is 153 Å². The molecule has 26 heavy (non-hydrogen) atoms. The third kappa shape index (κ3) is 3.37. The first-order valence-corrected chi connectivity index (χ1v) is 9.76. The van der Waals surface area contributed by atoms with Crippen molar-refractivity contribution in [2.75, 3.05) is 39.4 Å². The summed E-state index contributed by atoms with van der Waals surface area (Å²) in [5.41, 5.74) is 0.426. The average molecular weight is 361 g/mol. The lowest BCUT2D eigenvalue weighted by Gasteiger charge is -2.35. The number of amides is 2. The van der Waals surface area contributed by atoms with Gasteiger partial charge >= 0.3 is 0 Å². The van der Waals surface area contributed by atoms with E-state index >= 15 is 0 Å². The van der Waals surface area contributed by atoms with Gasteiger partial charge in [-0.15, -0.1) is 0 Å². The van der Waals surface area contributed by atoms with Gasteiger partial charge in [0.05, 0.1) is 13.2 Å². The highest BCUT2D eigenvalue weighted by Gasteiger charge is 2.34. The SMILES string of the molecule is Cc1oc(C2CCN(C(=O)C3CCC3)CC2)nc1C(=O)N1CCOCC1. The molecule has 2 aliphatic heterocycles. The van der Waals surface area contributed by atoms with E-state index in [0.717, 1.165) is 38.8 Å². The second-order valence-electron chi connectivity index (χ2n) is 7.59. The highest BCUT2D eigenvalue weighted by Crippen LogP contribution is 2.33. The second kappa shape index (κ2) is 7.39. The predicted molar refractivity (Wildman–Crippen MR) is 93.9 cm³/mol. The summed E-state index contributed by atoms with van der Waals surface area (Å²) in [5, 5.41) is 0. The second-order valence-corrected chi connectivity index (χ2v) is 7.59. The summed E-state index contributed by atoms with van der Waals surface area (Å²) in [4.78, 5) is 33.4.